The van der Waals surface area contributed by atoms with Gasteiger partial charge in [0.05, 0.1) is 5.92 Å². The summed E-state index contributed by atoms with van der Waals surface area (Å²) < 4.78 is 32.5. The fourth-order valence-corrected chi connectivity index (χ4v) is 5.61. The molecule has 1 aromatic carbocycles. The van der Waals surface area contributed by atoms with Crippen LogP contribution in [0.5, 0.6) is 5.75 Å². The molecule has 1 fully saturated rings. The largest absolute Gasteiger partial charge is 0.490 e. The van der Waals surface area contributed by atoms with Crippen LogP contribution in [0.2, 0.25) is 0 Å². The van der Waals surface area contributed by atoms with E-state index in [1.807, 2.05) is 0 Å². The Kier molecular flexibility index (Phi) is 6.30. The zero-order valence-electron chi connectivity index (χ0n) is 14.8. The number of hydrogen-bond donors (Lipinski definition) is 1. The van der Waals surface area contributed by atoms with Crippen molar-refractivity contribution in [2.45, 2.75) is 17.1 Å². The lowest BCUT2D eigenvalue weighted by atomic mass is 9.99. The van der Waals surface area contributed by atoms with Crippen LogP contribution < -0.4 is 10.1 Å². The third-order valence-corrected chi connectivity index (χ3v) is 7.57. The van der Waals surface area contributed by atoms with Gasteiger partial charge < -0.3 is 10.1 Å². The summed E-state index contributed by atoms with van der Waals surface area (Å²) in [6.07, 6.45) is 2.99. The highest BCUT2D eigenvalue weighted by Gasteiger charge is 2.33. The van der Waals surface area contributed by atoms with E-state index >= 15 is 0 Å². The Balaban J connectivity index is 1.62. The molecule has 1 unspecified atom stereocenters. The Labute approximate surface area is 163 Å². The molecule has 0 radical (unpaired) electrons. The summed E-state index contributed by atoms with van der Waals surface area (Å²) in [6.45, 7) is 4.66. The van der Waals surface area contributed by atoms with Gasteiger partial charge in [0.15, 0.2) is 0 Å². The molecule has 1 amide bonds. The van der Waals surface area contributed by atoms with Gasteiger partial charge >= 0.3 is 0 Å². The molecule has 1 atom stereocenters. The average molecular weight is 407 g/mol. The van der Waals surface area contributed by atoms with Gasteiger partial charge in [-0.3, -0.25) is 4.79 Å². The van der Waals surface area contributed by atoms with Crippen molar-refractivity contribution in [1.29, 1.82) is 0 Å². The number of nitrogens with zero attached hydrogens (tertiary/aromatic N) is 1. The number of thiophene rings is 1. The van der Waals surface area contributed by atoms with Gasteiger partial charge in [0.25, 0.3) is 10.0 Å². The van der Waals surface area contributed by atoms with Crippen LogP contribution in [0.3, 0.4) is 0 Å². The zero-order chi connectivity index (χ0) is 19.3. The first-order chi connectivity index (χ1) is 13.0. The molecule has 8 heteroatoms. The van der Waals surface area contributed by atoms with E-state index < -0.39 is 10.0 Å². The van der Waals surface area contributed by atoms with Gasteiger partial charge in [-0.05, 0) is 48.6 Å². The molecule has 2 aromatic rings. The lowest BCUT2D eigenvalue weighted by Gasteiger charge is -2.30. The van der Waals surface area contributed by atoms with Crippen molar-refractivity contribution in [3.8, 4) is 5.75 Å². The molecule has 144 valence electrons. The molecule has 2 heterocycles. The number of nitrogens with one attached hydrogen (secondary N) is 1. The van der Waals surface area contributed by atoms with Gasteiger partial charge in [-0.25, -0.2) is 8.42 Å². The number of piperidine rings is 1. The molecule has 3 rings (SSSR count). The normalized spacial score (nSPS) is 18.0. The van der Waals surface area contributed by atoms with Gasteiger partial charge in [0, 0.05) is 18.8 Å². The third kappa shape index (κ3) is 4.77. The molecule has 0 spiro atoms. The van der Waals surface area contributed by atoms with E-state index in [-0.39, 0.29) is 18.4 Å². The maximum absolute atomic E-state index is 12.7. The van der Waals surface area contributed by atoms with Crippen LogP contribution >= 0.6 is 11.3 Å². The van der Waals surface area contributed by atoms with Gasteiger partial charge in [0.1, 0.15) is 16.6 Å². The SMILES string of the molecule is C=CCOc1ccc(NC(=O)C2CCCN(S(=O)(=O)c3cccs3)C2)cc1. The minimum absolute atomic E-state index is 0.166. The highest BCUT2D eigenvalue weighted by Crippen LogP contribution is 2.27. The monoisotopic (exact) mass is 406 g/mol. The Morgan fingerprint density at radius 3 is 2.78 bits per heavy atom. The number of sulfonamides is 1. The van der Waals surface area contributed by atoms with Crippen LogP contribution in [0.1, 0.15) is 12.8 Å². The minimum atomic E-state index is -3.53. The summed E-state index contributed by atoms with van der Waals surface area (Å²) in [4.78, 5) is 12.6. The van der Waals surface area contributed by atoms with Gasteiger partial charge in [-0.2, -0.15) is 4.31 Å². The number of carbonyl (C=O) groups excluding carboxylic acids is 1. The van der Waals surface area contributed by atoms with E-state index in [4.69, 9.17) is 4.74 Å². The first-order valence-electron chi connectivity index (χ1n) is 8.69. The number of rotatable bonds is 7. The summed E-state index contributed by atoms with van der Waals surface area (Å²) in [7, 11) is -3.53. The lowest BCUT2D eigenvalue weighted by molar-refractivity contribution is -0.120. The Hall–Kier alpha value is -2.16. The van der Waals surface area contributed by atoms with Crippen molar-refractivity contribution in [2.24, 2.45) is 5.92 Å². The summed E-state index contributed by atoms with van der Waals surface area (Å²) in [6, 6.07) is 10.4. The second-order valence-corrected chi connectivity index (χ2v) is 9.36. The van der Waals surface area contributed by atoms with Crippen molar-refractivity contribution in [3.05, 3.63) is 54.4 Å². The van der Waals surface area contributed by atoms with Crippen LogP contribution in [-0.4, -0.2) is 38.3 Å². The van der Waals surface area contributed by atoms with Crippen LogP contribution in [0.4, 0.5) is 5.69 Å². The number of carbonyl (C=O) groups is 1. The third-order valence-electron chi connectivity index (χ3n) is 4.33. The topological polar surface area (TPSA) is 75.7 Å². The Morgan fingerprint density at radius 2 is 2.11 bits per heavy atom. The average Bonchev–Trinajstić information content (AvgIpc) is 3.23. The smallest absolute Gasteiger partial charge is 0.252 e. The zero-order valence-corrected chi connectivity index (χ0v) is 16.5. The van der Waals surface area contributed by atoms with E-state index in [1.54, 1.807) is 47.9 Å². The van der Waals surface area contributed by atoms with Gasteiger partial charge in [0.2, 0.25) is 5.91 Å². The van der Waals surface area contributed by atoms with E-state index in [2.05, 4.69) is 11.9 Å². The molecular weight excluding hydrogens is 384 g/mol. The minimum Gasteiger partial charge on any atom is -0.490 e. The molecule has 0 bridgehead atoms. The second kappa shape index (κ2) is 8.69. The van der Waals surface area contributed by atoms with Crippen molar-refractivity contribution in [3.63, 3.8) is 0 Å². The summed E-state index contributed by atoms with van der Waals surface area (Å²) in [5.41, 5.74) is 0.657. The highest BCUT2D eigenvalue weighted by atomic mass is 32.2. The molecule has 1 aromatic heterocycles. The van der Waals surface area contributed by atoms with Crippen LogP contribution in [0, 0.1) is 5.92 Å². The molecule has 1 aliphatic rings. The molecular formula is C19H22N2O4S2. The molecule has 1 aliphatic heterocycles. The first kappa shape index (κ1) is 19.6. The number of ether oxygens (including phenoxy) is 1. The van der Waals surface area contributed by atoms with Crippen LogP contribution in [0.15, 0.2) is 58.6 Å². The number of amides is 1. The van der Waals surface area contributed by atoms with Gasteiger partial charge in [-0.1, -0.05) is 18.7 Å². The number of anilines is 1. The maximum atomic E-state index is 12.7. The molecule has 6 nitrogen and oxygen atoms in total. The fourth-order valence-electron chi connectivity index (χ4n) is 2.95. The highest BCUT2D eigenvalue weighted by molar-refractivity contribution is 7.91. The second-order valence-electron chi connectivity index (χ2n) is 6.25. The van der Waals surface area contributed by atoms with Crippen molar-refractivity contribution >= 4 is 33.0 Å². The summed E-state index contributed by atoms with van der Waals surface area (Å²) >= 11 is 1.19. The van der Waals surface area contributed by atoms with Crippen LogP contribution in [-0.2, 0) is 14.8 Å². The summed E-state index contributed by atoms with van der Waals surface area (Å²) in [5, 5.41) is 4.61. The predicted molar refractivity (Wildman–Crippen MR) is 107 cm³/mol. The van der Waals surface area contributed by atoms with E-state index in [0.29, 0.717) is 41.6 Å². The lowest BCUT2D eigenvalue weighted by Crippen LogP contribution is -2.43. The van der Waals surface area contributed by atoms with E-state index in [0.717, 1.165) is 0 Å². The predicted octanol–water partition coefficient (Wildman–Crippen LogP) is 3.35. The van der Waals surface area contributed by atoms with Crippen LogP contribution in [0.25, 0.3) is 0 Å². The van der Waals surface area contributed by atoms with Crippen molar-refractivity contribution in [1.82, 2.24) is 4.31 Å². The quantitative estimate of drug-likeness (QED) is 0.716. The Morgan fingerprint density at radius 1 is 1.33 bits per heavy atom. The first-order valence-corrected chi connectivity index (χ1v) is 11.0. The standard InChI is InChI=1S/C19H22N2O4S2/c1-2-12-25-17-9-7-16(8-10-17)20-19(22)15-5-3-11-21(14-15)27(23,24)18-6-4-13-26-18/h2,4,6-10,13,15H,1,3,5,11-12,14H2,(H,20,22). The number of benzene rings is 1. The van der Waals surface area contributed by atoms with Gasteiger partial charge in [-0.15, -0.1) is 11.3 Å². The van der Waals surface area contributed by atoms with Crippen molar-refractivity contribution in [2.75, 3.05) is 25.0 Å². The van der Waals surface area contributed by atoms with E-state index in [9.17, 15) is 13.2 Å². The summed E-state index contributed by atoms with van der Waals surface area (Å²) in [5.74, 6) is 0.157. The van der Waals surface area contributed by atoms with E-state index in [1.165, 1.54) is 15.6 Å². The van der Waals surface area contributed by atoms with Crippen molar-refractivity contribution < 1.29 is 17.9 Å². The molecule has 0 saturated carbocycles. The number of hydrogen-bond acceptors (Lipinski definition) is 5. The fraction of sp³-hybridized carbons (Fsp3) is 0.316. The Bertz CT molecular complexity index is 877. The molecule has 1 saturated heterocycles. The molecule has 27 heavy (non-hydrogen) atoms. The maximum Gasteiger partial charge on any atom is 0.252 e. The molecule has 1 N–H and O–H groups in total. The molecule has 0 aliphatic carbocycles.